The predicted octanol–water partition coefficient (Wildman–Crippen LogP) is 0.998. The van der Waals surface area contributed by atoms with Gasteiger partial charge in [-0.05, 0) is 6.92 Å². The van der Waals surface area contributed by atoms with Crippen LogP contribution in [0.25, 0.3) is 0 Å². The van der Waals surface area contributed by atoms with E-state index in [1.807, 2.05) is 18.7 Å². The highest BCUT2D eigenvalue weighted by atomic mass is 32.2. The molecule has 0 aliphatic carbocycles. The van der Waals surface area contributed by atoms with Gasteiger partial charge in [0.25, 0.3) is 0 Å². The van der Waals surface area contributed by atoms with Crippen molar-refractivity contribution in [1.82, 2.24) is 10.2 Å². The third-order valence-electron chi connectivity index (χ3n) is 3.06. The summed E-state index contributed by atoms with van der Waals surface area (Å²) in [6, 6.07) is -1.28. The Hall–Kier alpha value is -1.35. The molecule has 100 valence electrons. The van der Waals surface area contributed by atoms with Gasteiger partial charge < -0.3 is 15.3 Å². The average Bonchev–Trinajstić information content (AvgIpc) is 2.31. The van der Waals surface area contributed by atoms with E-state index in [1.165, 1.54) is 0 Å². The van der Waals surface area contributed by atoms with Crippen molar-refractivity contribution in [2.75, 3.05) is 12.3 Å². The Balaban J connectivity index is 2.63. The number of nitrogens with one attached hydrogen (secondary N) is 1. The molecule has 2 N–H and O–H groups in total. The summed E-state index contributed by atoms with van der Waals surface area (Å²) in [4.78, 5) is 24.6. The van der Waals surface area contributed by atoms with E-state index < -0.39 is 12.0 Å². The van der Waals surface area contributed by atoms with Crippen LogP contribution in [0.2, 0.25) is 0 Å². The number of hydrogen-bond acceptors (Lipinski definition) is 3. The number of aliphatic carboxylic acids is 1. The molecule has 0 bridgehead atoms. The molecular weight excluding hydrogens is 252 g/mol. The Labute approximate surface area is 111 Å². The van der Waals surface area contributed by atoms with Gasteiger partial charge in [0.05, 0.1) is 0 Å². The van der Waals surface area contributed by atoms with Gasteiger partial charge in [-0.15, -0.1) is 12.3 Å². The fourth-order valence-electron chi connectivity index (χ4n) is 1.77. The summed E-state index contributed by atoms with van der Waals surface area (Å²) in [5.74, 6) is 2.02. The Morgan fingerprint density at radius 1 is 1.61 bits per heavy atom. The number of nitrogens with zero attached hydrogens (tertiary/aromatic N) is 1. The zero-order valence-electron chi connectivity index (χ0n) is 10.5. The molecule has 0 spiro atoms. The van der Waals surface area contributed by atoms with E-state index in [-0.39, 0.29) is 18.5 Å². The van der Waals surface area contributed by atoms with Crippen molar-refractivity contribution in [3.8, 4) is 12.3 Å². The zero-order valence-corrected chi connectivity index (χ0v) is 11.4. The van der Waals surface area contributed by atoms with Crippen molar-refractivity contribution >= 4 is 23.8 Å². The maximum Gasteiger partial charge on any atom is 0.327 e. The van der Waals surface area contributed by atoms with Crippen LogP contribution in [0.5, 0.6) is 0 Å². The lowest BCUT2D eigenvalue weighted by Gasteiger charge is -2.37. The molecule has 0 aromatic carbocycles. The average molecular weight is 270 g/mol. The molecule has 3 atom stereocenters. The molecule has 1 fully saturated rings. The van der Waals surface area contributed by atoms with Gasteiger partial charge in [0.1, 0.15) is 6.04 Å². The molecule has 18 heavy (non-hydrogen) atoms. The first kappa shape index (κ1) is 14.7. The van der Waals surface area contributed by atoms with Gasteiger partial charge in [-0.1, -0.05) is 6.92 Å². The van der Waals surface area contributed by atoms with Crippen molar-refractivity contribution in [2.24, 2.45) is 0 Å². The highest BCUT2D eigenvalue weighted by Gasteiger charge is 2.30. The predicted molar refractivity (Wildman–Crippen MR) is 71.5 cm³/mol. The van der Waals surface area contributed by atoms with Crippen LogP contribution in [0.1, 0.15) is 20.3 Å². The van der Waals surface area contributed by atoms with E-state index in [0.717, 1.165) is 5.75 Å². The molecule has 5 nitrogen and oxygen atoms in total. The molecule has 1 rings (SSSR count). The number of amides is 2. The first-order chi connectivity index (χ1) is 8.47. The second-order valence-corrected chi connectivity index (χ2v) is 5.74. The maximum atomic E-state index is 12.0. The Morgan fingerprint density at radius 3 is 2.83 bits per heavy atom. The van der Waals surface area contributed by atoms with Crippen LogP contribution in [-0.4, -0.2) is 51.6 Å². The van der Waals surface area contributed by atoms with Gasteiger partial charge in [0, 0.05) is 30.0 Å². The molecule has 0 aromatic rings. The number of urea groups is 1. The van der Waals surface area contributed by atoms with Crippen LogP contribution >= 0.6 is 11.8 Å². The smallest absolute Gasteiger partial charge is 0.327 e. The second kappa shape index (κ2) is 6.55. The minimum Gasteiger partial charge on any atom is -0.480 e. The fourth-order valence-corrected chi connectivity index (χ4v) is 2.87. The van der Waals surface area contributed by atoms with Crippen LogP contribution in [0.3, 0.4) is 0 Å². The summed E-state index contributed by atoms with van der Waals surface area (Å²) in [5.41, 5.74) is 0. The van der Waals surface area contributed by atoms with Gasteiger partial charge in [0.2, 0.25) is 0 Å². The number of carbonyl (C=O) groups is 2. The summed E-state index contributed by atoms with van der Waals surface area (Å²) < 4.78 is 0. The number of rotatable bonds is 3. The van der Waals surface area contributed by atoms with Gasteiger partial charge in [-0.3, -0.25) is 0 Å². The summed E-state index contributed by atoms with van der Waals surface area (Å²) in [7, 11) is 0. The molecule has 1 heterocycles. The lowest BCUT2D eigenvalue weighted by molar-refractivity contribution is -0.139. The van der Waals surface area contributed by atoms with Gasteiger partial charge in [0.15, 0.2) is 0 Å². The quantitative estimate of drug-likeness (QED) is 0.751. The SMILES string of the molecule is C#CCC(NC(=O)N1CCSC(C)C1C)C(=O)O. The number of terminal acetylenes is 1. The molecule has 6 heteroatoms. The van der Waals surface area contributed by atoms with Crippen molar-refractivity contribution in [3.05, 3.63) is 0 Å². The Morgan fingerprint density at radius 2 is 2.28 bits per heavy atom. The van der Waals surface area contributed by atoms with E-state index >= 15 is 0 Å². The standard InChI is InChI=1S/C12H18N2O3S/c1-4-5-10(11(15)16)13-12(17)14-6-7-18-9(3)8(14)2/h1,8-10H,5-7H2,2-3H3,(H,13,17)(H,15,16). The van der Waals surface area contributed by atoms with Crippen LogP contribution in [0.15, 0.2) is 0 Å². The highest BCUT2D eigenvalue weighted by molar-refractivity contribution is 8.00. The topological polar surface area (TPSA) is 69.6 Å². The monoisotopic (exact) mass is 270 g/mol. The van der Waals surface area contributed by atoms with E-state index in [9.17, 15) is 9.59 Å². The first-order valence-electron chi connectivity index (χ1n) is 5.82. The third-order valence-corrected chi connectivity index (χ3v) is 4.40. The Bertz CT molecular complexity index is 367. The normalized spacial score (nSPS) is 25.1. The molecule has 1 saturated heterocycles. The molecular formula is C12H18N2O3S. The molecule has 0 aromatic heterocycles. The molecule has 3 unspecified atom stereocenters. The number of carbonyl (C=O) groups excluding carboxylic acids is 1. The van der Waals surface area contributed by atoms with Gasteiger partial charge >= 0.3 is 12.0 Å². The van der Waals surface area contributed by atoms with Gasteiger partial charge in [-0.2, -0.15) is 11.8 Å². The maximum absolute atomic E-state index is 12.0. The van der Waals surface area contributed by atoms with E-state index in [2.05, 4.69) is 18.2 Å². The largest absolute Gasteiger partial charge is 0.480 e. The minimum absolute atomic E-state index is 0.00635. The molecule has 0 radical (unpaired) electrons. The van der Waals surface area contributed by atoms with Crippen LogP contribution in [0.4, 0.5) is 4.79 Å². The number of carboxylic acids is 1. The van der Waals surface area contributed by atoms with Crippen molar-refractivity contribution in [2.45, 2.75) is 37.6 Å². The van der Waals surface area contributed by atoms with Crippen molar-refractivity contribution in [3.63, 3.8) is 0 Å². The number of hydrogen-bond donors (Lipinski definition) is 2. The number of carboxylic acid groups (broad SMARTS) is 1. The van der Waals surface area contributed by atoms with Crippen LogP contribution < -0.4 is 5.32 Å². The molecule has 1 aliphatic rings. The lowest BCUT2D eigenvalue weighted by Crippen LogP contribution is -2.55. The second-order valence-electron chi connectivity index (χ2n) is 4.26. The zero-order chi connectivity index (χ0) is 13.7. The molecule has 0 saturated carbocycles. The Kier molecular flexibility index (Phi) is 5.35. The summed E-state index contributed by atoms with van der Waals surface area (Å²) in [6.45, 7) is 4.66. The van der Waals surface area contributed by atoms with E-state index in [0.29, 0.717) is 11.8 Å². The summed E-state index contributed by atoms with van der Waals surface area (Å²) in [5, 5.41) is 11.8. The summed E-state index contributed by atoms with van der Waals surface area (Å²) >= 11 is 1.81. The van der Waals surface area contributed by atoms with Crippen LogP contribution in [0, 0.1) is 12.3 Å². The molecule has 2 amide bonds. The van der Waals surface area contributed by atoms with Gasteiger partial charge in [-0.25, -0.2) is 9.59 Å². The van der Waals surface area contributed by atoms with Crippen molar-refractivity contribution < 1.29 is 14.7 Å². The lowest BCUT2D eigenvalue weighted by atomic mass is 10.2. The van der Waals surface area contributed by atoms with E-state index in [1.54, 1.807) is 4.90 Å². The van der Waals surface area contributed by atoms with E-state index in [4.69, 9.17) is 11.5 Å². The van der Waals surface area contributed by atoms with Crippen LogP contribution in [-0.2, 0) is 4.79 Å². The first-order valence-corrected chi connectivity index (χ1v) is 6.87. The highest BCUT2D eigenvalue weighted by Crippen LogP contribution is 2.24. The third kappa shape index (κ3) is 3.57. The van der Waals surface area contributed by atoms with Crippen molar-refractivity contribution in [1.29, 1.82) is 0 Å². The molecule has 1 aliphatic heterocycles. The minimum atomic E-state index is -1.10. The number of thioether (sulfide) groups is 1. The summed E-state index contributed by atoms with van der Waals surface area (Å²) in [6.07, 6.45) is 5.08. The fraction of sp³-hybridized carbons (Fsp3) is 0.667.